The van der Waals surface area contributed by atoms with Gasteiger partial charge in [-0.1, -0.05) is 38.0 Å². The number of carbonyl (C=O) groups is 3. The Balaban J connectivity index is 0.000000616. The van der Waals surface area contributed by atoms with Crippen molar-refractivity contribution in [3.63, 3.8) is 0 Å². The number of carbonyl (C=O) groups excluding carboxylic acids is 2. The second kappa shape index (κ2) is 14.5. The first-order valence-electron chi connectivity index (χ1n) is 14.8. The van der Waals surface area contributed by atoms with Gasteiger partial charge in [-0.2, -0.15) is 13.2 Å². The van der Waals surface area contributed by atoms with E-state index in [4.69, 9.17) is 14.6 Å². The van der Waals surface area contributed by atoms with E-state index in [9.17, 15) is 27.2 Å². The minimum absolute atomic E-state index is 0.128. The zero-order valence-electron chi connectivity index (χ0n) is 24.7. The average molecular weight is 602 g/mol. The number of nitrogens with zero attached hydrogens (tertiary/aromatic N) is 3. The van der Waals surface area contributed by atoms with E-state index in [1.807, 2.05) is 36.9 Å². The summed E-state index contributed by atoms with van der Waals surface area (Å²) in [7, 11) is 0. The van der Waals surface area contributed by atoms with Crippen LogP contribution in [0, 0.1) is 19.8 Å². The Morgan fingerprint density at radius 2 is 1.64 bits per heavy atom. The van der Waals surface area contributed by atoms with Gasteiger partial charge in [-0.05, 0) is 44.2 Å². The molecule has 3 aliphatic rings. The molecule has 12 heteroatoms. The molecule has 3 saturated heterocycles. The monoisotopic (exact) mass is 601 g/mol. The molecule has 0 bridgehead atoms. The predicted molar refractivity (Wildman–Crippen MR) is 149 cm³/mol. The fraction of sp³-hybridized carbons (Fsp3) is 0.700. The summed E-state index contributed by atoms with van der Waals surface area (Å²) in [5, 5.41) is 7.12. The smallest absolute Gasteiger partial charge is 0.475 e. The number of carboxylic acids is 1. The van der Waals surface area contributed by atoms with E-state index in [0.29, 0.717) is 12.6 Å². The second-order valence-electron chi connectivity index (χ2n) is 11.5. The zero-order valence-corrected chi connectivity index (χ0v) is 24.7. The molecule has 42 heavy (non-hydrogen) atoms. The summed E-state index contributed by atoms with van der Waals surface area (Å²) in [5.74, 6) is -2.33. The quantitative estimate of drug-likeness (QED) is 0.409. The summed E-state index contributed by atoms with van der Waals surface area (Å²) in [6, 6.07) is 6.50. The van der Waals surface area contributed by atoms with E-state index in [0.717, 1.165) is 87.8 Å². The number of amides is 2. The van der Waals surface area contributed by atoms with Crippen molar-refractivity contribution in [2.45, 2.75) is 83.5 Å². The minimum atomic E-state index is -5.08. The number of rotatable bonds is 7. The van der Waals surface area contributed by atoms with Gasteiger partial charge >= 0.3 is 18.2 Å². The number of piperidine rings is 2. The molecule has 1 unspecified atom stereocenters. The van der Waals surface area contributed by atoms with Gasteiger partial charge in [0.2, 0.25) is 0 Å². The molecular weight excluding hydrogens is 558 g/mol. The second-order valence-corrected chi connectivity index (χ2v) is 11.5. The van der Waals surface area contributed by atoms with Crippen LogP contribution in [-0.2, 0) is 9.53 Å². The molecule has 3 heterocycles. The molecule has 4 rings (SSSR count). The van der Waals surface area contributed by atoms with Crippen molar-refractivity contribution in [2.75, 3.05) is 45.9 Å². The molecule has 1 atom stereocenters. The first-order valence-corrected chi connectivity index (χ1v) is 14.8. The Bertz CT molecular complexity index is 1060. The maximum atomic E-state index is 13.2. The van der Waals surface area contributed by atoms with E-state index < -0.39 is 24.4 Å². The number of hydrogen-bond donors (Lipinski definition) is 1. The van der Waals surface area contributed by atoms with Crippen LogP contribution in [0.2, 0.25) is 0 Å². The standard InChI is InChI=1S/C28H42FN3O3.C2HF3O2/c1-4-5-9-23-20-32(19-14-29)27(34)35-28(23)12-17-30(18-13-28)24-10-15-31(16-11-24)26(33)25-21(2)7-6-8-22(25)3;3-2(4,5)1(6)7/h6-8,23-24H,4-5,9-20H2,1-3H3;(H,6,7). The van der Waals surface area contributed by atoms with Crippen molar-refractivity contribution in [3.8, 4) is 0 Å². The van der Waals surface area contributed by atoms with Crippen molar-refractivity contribution < 1.29 is 41.8 Å². The third-order valence-electron chi connectivity index (χ3n) is 8.84. The van der Waals surface area contributed by atoms with Gasteiger partial charge in [-0.25, -0.2) is 14.0 Å². The van der Waals surface area contributed by atoms with Gasteiger partial charge in [0, 0.05) is 63.1 Å². The van der Waals surface area contributed by atoms with Crippen molar-refractivity contribution in [2.24, 2.45) is 5.92 Å². The number of carboxylic acid groups (broad SMARTS) is 1. The summed E-state index contributed by atoms with van der Waals surface area (Å²) < 4.78 is 50.8. The summed E-state index contributed by atoms with van der Waals surface area (Å²) in [6.07, 6.45) is 1.45. The van der Waals surface area contributed by atoms with E-state index >= 15 is 0 Å². The summed E-state index contributed by atoms with van der Waals surface area (Å²) >= 11 is 0. The lowest BCUT2D eigenvalue weighted by Crippen LogP contribution is -2.61. The Labute approximate surface area is 245 Å². The Morgan fingerprint density at radius 3 is 2.14 bits per heavy atom. The lowest BCUT2D eigenvalue weighted by Gasteiger charge is -2.52. The maximum absolute atomic E-state index is 13.2. The van der Waals surface area contributed by atoms with Crippen LogP contribution in [-0.4, -0.2) is 102 Å². The molecule has 0 radical (unpaired) electrons. The van der Waals surface area contributed by atoms with Crippen molar-refractivity contribution in [3.05, 3.63) is 34.9 Å². The van der Waals surface area contributed by atoms with Crippen LogP contribution in [0.25, 0.3) is 0 Å². The topological polar surface area (TPSA) is 90.4 Å². The van der Waals surface area contributed by atoms with Crippen LogP contribution in [0.15, 0.2) is 18.2 Å². The average Bonchev–Trinajstić information content (AvgIpc) is 2.94. The fourth-order valence-corrected chi connectivity index (χ4v) is 6.44. The van der Waals surface area contributed by atoms with Crippen LogP contribution in [0.1, 0.15) is 73.4 Å². The molecule has 3 fully saturated rings. The van der Waals surface area contributed by atoms with Crippen LogP contribution in [0.5, 0.6) is 0 Å². The molecule has 0 aliphatic carbocycles. The predicted octanol–water partition coefficient (Wildman–Crippen LogP) is 5.60. The number of aliphatic carboxylic acids is 1. The number of unbranched alkanes of at least 4 members (excludes halogenated alkanes) is 1. The van der Waals surface area contributed by atoms with Crippen LogP contribution < -0.4 is 0 Å². The maximum Gasteiger partial charge on any atom is 0.490 e. The molecule has 1 aromatic carbocycles. The summed E-state index contributed by atoms with van der Waals surface area (Å²) in [6.45, 7) is 9.81. The molecule has 236 valence electrons. The van der Waals surface area contributed by atoms with E-state index in [2.05, 4.69) is 11.8 Å². The van der Waals surface area contributed by atoms with E-state index in [1.165, 1.54) is 0 Å². The highest BCUT2D eigenvalue weighted by Crippen LogP contribution is 2.41. The van der Waals surface area contributed by atoms with E-state index in [1.54, 1.807) is 4.90 Å². The van der Waals surface area contributed by atoms with Gasteiger partial charge in [0.15, 0.2) is 0 Å². The molecular formula is C30H43F4N3O5. The molecule has 1 N–H and O–H groups in total. The number of halogens is 4. The Hall–Kier alpha value is -2.89. The number of ether oxygens (including phenoxy) is 1. The van der Waals surface area contributed by atoms with Crippen LogP contribution >= 0.6 is 0 Å². The normalized spacial score (nSPS) is 21.5. The molecule has 0 aromatic heterocycles. The first-order chi connectivity index (χ1) is 19.8. The SMILES string of the molecule is CCCCC1CN(CCF)C(=O)OC12CCN(C1CCN(C(=O)c3c(C)cccc3C)CC1)CC2.O=C(O)C(F)(F)F. The highest BCUT2D eigenvalue weighted by molar-refractivity contribution is 5.97. The van der Waals surface area contributed by atoms with Crippen LogP contribution in [0.4, 0.5) is 22.4 Å². The largest absolute Gasteiger partial charge is 0.490 e. The van der Waals surface area contributed by atoms with Crippen molar-refractivity contribution >= 4 is 18.0 Å². The third kappa shape index (κ3) is 8.14. The highest BCUT2D eigenvalue weighted by atomic mass is 19.4. The van der Waals surface area contributed by atoms with Gasteiger partial charge in [0.25, 0.3) is 5.91 Å². The molecule has 1 aromatic rings. The summed E-state index contributed by atoms with van der Waals surface area (Å²) in [4.78, 5) is 40.8. The van der Waals surface area contributed by atoms with Gasteiger partial charge in [0.05, 0.1) is 6.54 Å². The van der Waals surface area contributed by atoms with Gasteiger partial charge in [-0.15, -0.1) is 0 Å². The van der Waals surface area contributed by atoms with Gasteiger partial charge in [0.1, 0.15) is 12.3 Å². The van der Waals surface area contributed by atoms with Crippen LogP contribution in [0.3, 0.4) is 0 Å². The molecule has 8 nitrogen and oxygen atoms in total. The van der Waals surface area contributed by atoms with Gasteiger partial charge in [-0.3, -0.25) is 9.69 Å². The molecule has 1 spiro atoms. The van der Waals surface area contributed by atoms with E-state index in [-0.39, 0.29) is 24.5 Å². The van der Waals surface area contributed by atoms with Crippen molar-refractivity contribution in [1.82, 2.24) is 14.7 Å². The number of benzene rings is 1. The first kappa shape index (κ1) is 33.6. The van der Waals surface area contributed by atoms with Crippen molar-refractivity contribution in [1.29, 1.82) is 0 Å². The highest BCUT2D eigenvalue weighted by Gasteiger charge is 2.50. The number of likely N-dealkylation sites (tertiary alicyclic amines) is 2. The Kier molecular flexibility index (Phi) is 11.6. The minimum Gasteiger partial charge on any atom is -0.475 e. The van der Waals surface area contributed by atoms with Gasteiger partial charge < -0.3 is 19.6 Å². The fourth-order valence-electron chi connectivity index (χ4n) is 6.44. The lowest BCUT2D eigenvalue weighted by atomic mass is 9.75. The zero-order chi connectivity index (χ0) is 31.1. The lowest BCUT2D eigenvalue weighted by molar-refractivity contribution is -0.192. The Morgan fingerprint density at radius 1 is 1.07 bits per heavy atom. The summed E-state index contributed by atoms with van der Waals surface area (Å²) in [5.41, 5.74) is 2.53. The molecule has 0 saturated carbocycles. The number of hydrogen-bond acceptors (Lipinski definition) is 5. The molecule has 2 amide bonds. The number of aryl methyl sites for hydroxylation is 2. The number of alkyl halides is 4. The molecule has 3 aliphatic heterocycles. The third-order valence-corrected chi connectivity index (χ3v) is 8.84.